The first-order valence-corrected chi connectivity index (χ1v) is 12.1. The Hall–Kier alpha value is -2.08. The minimum atomic E-state index is -3.02. The zero-order chi connectivity index (χ0) is 19.6. The monoisotopic (exact) mass is 400 g/mol. The molecule has 1 amide bonds. The van der Waals surface area contributed by atoms with E-state index in [-0.39, 0.29) is 36.0 Å². The van der Waals surface area contributed by atoms with Crippen LogP contribution in [0.5, 0.6) is 0 Å². The highest BCUT2D eigenvalue weighted by Crippen LogP contribution is 2.29. The lowest BCUT2D eigenvalue weighted by Gasteiger charge is -2.38. The van der Waals surface area contributed by atoms with E-state index in [1.807, 2.05) is 35.2 Å². The first kappa shape index (κ1) is 19.2. The zero-order valence-corrected chi connectivity index (χ0v) is 17.0. The fraction of sp³-hybridized carbons (Fsp3) is 0.500. The lowest BCUT2D eigenvalue weighted by Crippen LogP contribution is -2.50. The molecule has 2 fully saturated rings. The maximum Gasteiger partial charge on any atom is 0.242 e. The molecule has 1 saturated carbocycles. The van der Waals surface area contributed by atoms with Crippen molar-refractivity contribution in [1.82, 2.24) is 4.90 Å². The van der Waals surface area contributed by atoms with E-state index in [0.717, 1.165) is 42.1 Å². The molecule has 28 heavy (non-hydrogen) atoms. The third-order valence-corrected chi connectivity index (χ3v) is 7.83. The summed E-state index contributed by atoms with van der Waals surface area (Å²) in [4.78, 5) is 15.1. The fourth-order valence-corrected chi connectivity index (χ4v) is 6.41. The summed E-state index contributed by atoms with van der Waals surface area (Å²) in [5.74, 6) is 0.330. The number of nitrogens with zero attached hydrogens (tertiary/aromatic N) is 1. The van der Waals surface area contributed by atoms with Gasteiger partial charge in [0.05, 0.1) is 18.1 Å². The van der Waals surface area contributed by atoms with Gasteiger partial charge in [-0.05, 0) is 30.7 Å². The molecular weight excluding hydrogens is 372 g/mol. The summed E-state index contributed by atoms with van der Waals surface area (Å²) in [7, 11) is -3.02. The Morgan fingerprint density at radius 1 is 0.964 bits per heavy atom. The number of anilines is 1. The summed E-state index contributed by atoms with van der Waals surface area (Å²) >= 11 is 0. The van der Waals surface area contributed by atoms with E-state index < -0.39 is 9.84 Å². The number of hydrogen-bond acceptors (Lipinski definition) is 4. The zero-order valence-electron chi connectivity index (χ0n) is 16.1. The van der Waals surface area contributed by atoms with Gasteiger partial charge in [-0.2, -0.15) is 0 Å². The molecule has 150 valence electrons. The van der Waals surface area contributed by atoms with Gasteiger partial charge in [0.15, 0.2) is 9.84 Å². The van der Waals surface area contributed by atoms with Crippen molar-refractivity contribution in [2.24, 2.45) is 0 Å². The Bertz CT molecular complexity index is 946. The average Bonchev–Trinajstić information content (AvgIpc) is 3.06. The minimum absolute atomic E-state index is 0.0157. The minimum Gasteiger partial charge on any atom is -0.376 e. The Balaban J connectivity index is 1.52. The molecule has 2 aromatic rings. The second-order valence-corrected chi connectivity index (χ2v) is 10.3. The van der Waals surface area contributed by atoms with Crippen molar-refractivity contribution in [3.05, 3.63) is 42.5 Å². The van der Waals surface area contributed by atoms with Gasteiger partial charge < -0.3 is 10.2 Å². The van der Waals surface area contributed by atoms with Crippen LogP contribution < -0.4 is 5.32 Å². The molecule has 1 aliphatic carbocycles. The van der Waals surface area contributed by atoms with E-state index in [4.69, 9.17) is 0 Å². The number of hydrogen-bond donors (Lipinski definition) is 1. The molecule has 2 aromatic carbocycles. The second kappa shape index (κ2) is 8.11. The molecule has 5 nitrogen and oxygen atoms in total. The first-order valence-electron chi connectivity index (χ1n) is 10.3. The SMILES string of the molecule is O=C(CNc1cccc2ccccc12)N(C1CCCCC1)[C@H]1CCS(=O)(=O)C1. The Morgan fingerprint density at radius 2 is 1.71 bits per heavy atom. The van der Waals surface area contributed by atoms with Crippen LogP contribution in [0.4, 0.5) is 5.69 Å². The van der Waals surface area contributed by atoms with E-state index in [1.54, 1.807) is 0 Å². The third kappa shape index (κ3) is 4.17. The summed E-state index contributed by atoms with van der Waals surface area (Å²) in [6, 6.07) is 14.1. The third-order valence-electron chi connectivity index (χ3n) is 6.08. The topological polar surface area (TPSA) is 66.5 Å². The van der Waals surface area contributed by atoms with Gasteiger partial charge in [-0.15, -0.1) is 0 Å². The molecule has 1 aliphatic heterocycles. The van der Waals surface area contributed by atoms with E-state index >= 15 is 0 Å². The number of carbonyl (C=O) groups excluding carboxylic acids is 1. The number of sulfone groups is 1. The number of fused-ring (bicyclic) bond motifs is 1. The van der Waals surface area contributed by atoms with Crippen LogP contribution in [0.15, 0.2) is 42.5 Å². The van der Waals surface area contributed by atoms with Crippen LogP contribution in [0.3, 0.4) is 0 Å². The van der Waals surface area contributed by atoms with Crippen LogP contribution in [0, 0.1) is 0 Å². The Labute approximate surface area is 167 Å². The van der Waals surface area contributed by atoms with Gasteiger partial charge in [0, 0.05) is 23.2 Å². The van der Waals surface area contributed by atoms with Crippen molar-refractivity contribution >= 4 is 32.2 Å². The lowest BCUT2D eigenvalue weighted by molar-refractivity contribution is -0.134. The highest BCUT2D eigenvalue weighted by atomic mass is 32.2. The summed E-state index contributed by atoms with van der Waals surface area (Å²) < 4.78 is 24.0. The summed E-state index contributed by atoms with van der Waals surface area (Å²) in [6.07, 6.45) is 5.97. The molecule has 4 rings (SSSR count). The summed E-state index contributed by atoms with van der Waals surface area (Å²) in [5, 5.41) is 5.53. The number of amides is 1. The summed E-state index contributed by atoms with van der Waals surface area (Å²) in [5.41, 5.74) is 0.939. The van der Waals surface area contributed by atoms with Crippen molar-refractivity contribution in [2.45, 2.75) is 50.6 Å². The number of nitrogens with one attached hydrogen (secondary N) is 1. The first-order chi connectivity index (χ1) is 13.5. The summed E-state index contributed by atoms with van der Waals surface area (Å²) in [6.45, 7) is 0.195. The molecule has 0 radical (unpaired) electrons. The average molecular weight is 401 g/mol. The van der Waals surface area contributed by atoms with Gasteiger partial charge in [-0.3, -0.25) is 4.79 Å². The van der Waals surface area contributed by atoms with Crippen molar-refractivity contribution in [3.8, 4) is 0 Å². The normalized spacial score (nSPS) is 22.2. The van der Waals surface area contributed by atoms with E-state index in [2.05, 4.69) is 17.4 Å². The van der Waals surface area contributed by atoms with Crippen LogP contribution in [-0.4, -0.2) is 49.4 Å². The highest BCUT2D eigenvalue weighted by molar-refractivity contribution is 7.91. The maximum absolute atomic E-state index is 13.2. The predicted molar refractivity (Wildman–Crippen MR) is 113 cm³/mol. The van der Waals surface area contributed by atoms with Gasteiger partial charge in [-0.1, -0.05) is 55.7 Å². The highest BCUT2D eigenvalue weighted by Gasteiger charge is 2.38. The maximum atomic E-state index is 13.2. The van der Waals surface area contributed by atoms with Crippen LogP contribution >= 0.6 is 0 Å². The molecule has 1 saturated heterocycles. The van der Waals surface area contributed by atoms with Crippen LogP contribution in [-0.2, 0) is 14.6 Å². The van der Waals surface area contributed by atoms with E-state index in [1.165, 1.54) is 6.42 Å². The van der Waals surface area contributed by atoms with Gasteiger partial charge in [0.25, 0.3) is 0 Å². The van der Waals surface area contributed by atoms with Gasteiger partial charge in [0.1, 0.15) is 0 Å². The van der Waals surface area contributed by atoms with Gasteiger partial charge in [0.2, 0.25) is 5.91 Å². The molecule has 1 heterocycles. The van der Waals surface area contributed by atoms with Crippen LogP contribution in [0.2, 0.25) is 0 Å². The van der Waals surface area contributed by atoms with E-state index in [0.29, 0.717) is 6.42 Å². The molecule has 1 atom stereocenters. The molecule has 0 spiro atoms. The van der Waals surface area contributed by atoms with Crippen molar-refractivity contribution in [1.29, 1.82) is 0 Å². The number of carbonyl (C=O) groups is 1. The van der Waals surface area contributed by atoms with E-state index in [9.17, 15) is 13.2 Å². The number of rotatable bonds is 5. The number of benzene rings is 2. The largest absolute Gasteiger partial charge is 0.376 e. The van der Waals surface area contributed by atoms with Crippen LogP contribution in [0.1, 0.15) is 38.5 Å². The van der Waals surface area contributed by atoms with Gasteiger partial charge >= 0.3 is 0 Å². The second-order valence-electron chi connectivity index (χ2n) is 8.03. The van der Waals surface area contributed by atoms with Crippen molar-refractivity contribution in [2.75, 3.05) is 23.4 Å². The molecule has 2 aliphatic rings. The van der Waals surface area contributed by atoms with Crippen molar-refractivity contribution < 1.29 is 13.2 Å². The molecule has 1 N–H and O–H groups in total. The molecular formula is C22H28N2O3S. The molecule has 0 aromatic heterocycles. The fourth-order valence-electron chi connectivity index (χ4n) is 4.70. The smallest absolute Gasteiger partial charge is 0.242 e. The Morgan fingerprint density at radius 3 is 2.46 bits per heavy atom. The quantitative estimate of drug-likeness (QED) is 0.833. The Kier molecular flexibility index (Phi) is 5.58. The lowest BCUT2D eigenvalue weighted by atomic mass is 9.93. The van der Waals surface area contributed by atoms with Crippen molar-refractivity contribution in [3.63, 3.8) is 0 Å². The molecule has 6 heteroatoms. The molecule has 0 bridgehead atoms. The predicted octanol–water partition coefficient (Wildman–Crippen LogP) is 3.60. The van der Waals surface area contributed by atoms with Gasteiger partial charge in [-0.25, -0.2) is 8.42 Å². The van der Waals surface area contributed by atoms with Crippen LogP contribution in [0.25, 0.3) is 10.8 Å². The standard InChI is InChI=1S/C22H28N2O3S/c25-22(15-23-21-12-6-8-17-7-4-5-11-20(17)21)24(18-9-2-1-3-10-18)19-13-14-28(26,27)16-19/h4-8,11-12,18-19,23H,1-3,9-10,13-16H2/t19-/m0/s1. The molecule has 0 unspecified atom stereocenters.